The summed E-state index contributed by atoms with van der Waals surface area (Å²) in [5.41, 5.74) is 2.59. The molecule has 0 spiro atoms. The van der Waals surface area contributed by atoms with E-state index in [1.165, 1.54) is 0 Å². The first-order valence-corrected chi connectivity index (χ1v) is 6.33. The van der Waals surface area contributed by atoms with Crippen LogP contribution >= 0.6 is 0 Å². The summed E-state index contributed by atoms with van der Waals surface area (Å²) in [6.45, 7) is 1.56. The Balaban J connectivity index is 2.26. The number of pyridine rings is 1. The van der Waals surface area contributed by atoms with Gasteiger partial charge in [0.25, 0.3) is 0 Å². The molecule has 1 aromatic heterocycles. The molecule has 2 aromatic carbocycles. The largest absolute Gasteiger partial charge is 0.508 e. The zero-order valence-corrected chi connectivity index (χ0v) is 11.0. The van der Waals surface area contributed by atoms with Crippen LogP contribution in [0.15, 0.2) is 54.9 Å². The lowest BCUT2D eigenvalue weighted by atomic mass is 9.98. The SMILES string of the molecule is CC(=O)c1ccc2cncc(-c3ccc(O)cc3)c2c1. The molecule has 0 bridgehead atoms. The van der Waals surface area contributed by atoms with Crippen molar-refractivity contribution >= 4 is 16.6 Å². The summed E-state index contributed by atoms with van der Waals surface area (Å²) in [4.78, 5) is 15.8. The van der Waals surface area contributed by atoms with Crippen molar-refractivity contribution in [3.05, 3.63) is 60.4 Å². The highest BCUT2D eigenvalue weighted by molar-refractivity contribution is 6.02. The Morgan fingerprint density at radius 1 is 1.05 bits per heavy atom. The second kappa shape index (κ2) is 4.78. The molecular weight excluding hydrogens is 250 g/mol. The summed E-state index contributed by atoms with van der Waals surface area (Å²) in [6, 6.07) is 12.6. The lowest BCUT2D eigenvalue weighted by Crippen LogP contribution is -1.92. The number of hydrogen-bond donors (Lipinski definition) is 1. The minimum Gasteiger partial charge on any atom is -0.508 e. The van der Waals surface area contributed by atoms with E-state index in [-0.39, 0.29) is 11.5 Å². The summed E-state index contributed by atoms with van der Waals surface area (Å²) < 4.78 is 0. The fourth-order valence-corrected chi connectivity index (χ4v) is 2.25. The number of phenolic OH excluding ortho intramolecular Hbond substituents is 1. The molecule has 0 aliphatic heterocycles. The van der Waals surface area contributed by atoms with Crippen LogP contribution in [0.4, 0.5) is 0 Å². The third kappa shape index (κ3) is 2.14. The number of Topliss-reactive ketones (excluding diaryl/α,β-unsaturated/α-hetero) is 1. The number of rotatable bonds is 2. The van der Waals surface area contributed by atoms with Crippen LogP contribution in [0.3, 0.4) is 0 Å². The monoisotopic (exact) mass is 263 g/mol. The van der Waals surface area contributed by atoms with Gasteiger partial charge in [0.2, 0.25) is 0 Å². The third-order valence-electron chi connectivity index (χ3n) is 3.35. The molecule has 3 rings (SSSR count). The number of aromatic nitrogens is 1. The van der Waals surface area contributed by atoms with Gasteiger partial charge in [-0.3, -0.25) is 9.78 Å². The maximum atomic E-state index is 11.5. The second-order valence-corrected chi connectivity index (χ2v) is 4.73. The van der Waals surface area contributed by atoms with Crippen molar-refractivity contribution in [3.63, 3.8) is 0 Å². The minimum atomic E-state index is 0.0420. The van der Waals surface area contributed by atoms with Crippen molar-refractivity contribution < 1.29 is 9.90 Å². The van der Waals surface area contributed by atoms with E-state index < -0.39 is 0 Å². The van der Waals surface area contributed by atoms with Crippen LogP contribution in [0.1, 0.15) is 17.3 Å². The Morgan fingerprint density at radius 2 is 1.80 bits per heavy atom. The Labute approximate surface area is 116 Å². The van der Waals surface area contributed by atoms with Crippen molar-refractivity contribution in [2.24, 2.45) is 0 Å². The molecule has 0 saturated heterocycles. The first kappa shape index (κ1) is 12.4. The fourth-order valence-electron chi connectivity index (χ4n) is 2.25. The molecule has 1 heterocycles. The minimum absolute atomic E-state index is 0.0420. The van der Waals surface area contributed by atoms with E-state index in [2.05, 4.69) is 4.98 Å². The predicted octanol–water partition coefficient (Wildman–Crippen LogP) is 3.81. The third-order valence-corrected chi connectivity index (χ3v) is 3.35. The molecule has 0 aliphatic carbocycles. The van der Waals surface area contributed by atoms with Crippen LogP contribution in [0.2, 0.25) is 0 Å². The van der Waals surface area contributed by atoms with Gasteiger partial charge in [0.15, 0.2) is 5.78 Å². The van der Waals surface area contributed by atoms with Crippen LogP contribution < -0.4 is 0 Å². The quantitative estimate of drug-likeness (QED) is 0.715. The molecule has 0 fully saturated rings. The number of fused-ring (bicyclic) bond motifs is 1. The molecule has 0 amide bonds. The fraction of sp³-hybridized carbons (Fsp3) is 0.0588. The Hall–Kier alpha value is -2.68. The van der Waals surface area contributed by atoms with Gasteiger partial charge in [-0.15, -0.1) is 0 Å². The van der Waals surface area contributed by atoms with Gasteiger partial charge in [-0.25, -0.2) is 0 Å². The number of aromatic hydroxyl groups is 1. The van der Waals surface area contributed by atoms with E-state index in [4.69, 9.17) is 0 Å². The standard InChI is InChI=1S/C17H13NO2/c1-11(19)13-2-3-14-9-18-10-17(16(14)8-13)12-4-6-15(20)7-5-12/h2-10,20H,1H3. The molecule has 98 valence electrons. The highest BCUT2D eigenvalue weighted by Gasteiger charge is 2.07. The summed E-state index contributed by atoms with van der Waals surface area (Å²) in [6.07, 6.45) is 3.56. The van der Waals surface area contributed by atoms with Gasteiger partial charge in [0, 0.05) is 28.9 Å². The lowest BCUT2D eigenvalue weighted by molar-refractivity contribution is 0.101. The van der Waals surface area contributed by atoms with Crippen LogP contribution in [-0.2, 0) is 0 Å². The predicted molar refractivity (Wildman–Crippen MR) is 78.8 cm³/mol. The number of carbonyl (C=O) groups excluding carboxylic acids is 1. The maximum Gasteiger partial charge on any atom is 0.159 e. The molecular formula is C17H13NO2. The maximum absolute atomic E-state index is 11.5. The zero-order chi connectivity index (χ0) is 14.1. The van der Waals surface area contributed by atoms with Crippen molar-refractivity contribution in [1.29, 1.82) is 0 Å². The van der Waals surface area contributed by atoms with Crippen molar-refractivity contribution in [2.45, 2.75) is 6.92 Å². The summed E-state index contributed by atoms with van der Waals surface area (Å²) in [5, 5.41) is 11.3. The zero-order valence-electron chi connectivity index (χ0n) is 11.0. The molecule has 3 heteroatoms. The van der Waals surface area contributed by atoms with Crippen LogP contribution in [0, 0.1) is 0 Å². The van der Waals surface area contributed by atoms with Crippen molar-refractivity contribution in [1.82, 2.24) is 4.98 Å². The highest BCUT2D eigenvalue weighted by atomic mass is 16.3. The van der Waals surface area contributed by atoms with E-state index in [1.54, 1.807) is 31.5 Å². The molecule has 0 unspecified atom stereocenters. The Kier molecular flexibility index (Phi) is 2.95. The Morgan fingerprint density at radius 3 is 2.50 bits per heavy atom. The molecule has 0 radical (unpaired) electrons. The van der Waals surface area contributed by atoms with E-state index >= 15 is 0 Å². The van der Waals surface area contributed by atoms with E-state index in [0.717, 1.165) is 21.9 Å². The van der Waals surface area contributed by atoms with E-state index in [0.29, 0.717) is 5.56 Å². The molecule has 0 saturated carbocycles. The Bertz CT molecular complexity index is 792. The van der Waals surface area contributed by atoms with Crippen LogP contribution in [0.25, 0.3) is 21.9 Å². The molecule has 3 nitrogen and oxygen atoms in total. The smallest absolute Gasteiger partial charge is 0.159 e. The van der Waals surface area contributed by atoms with Gasteiger partial charge in [0.05, 0.1) is 0 Å². The summed E-state index contributed by atoms with van der Waals surface area (Å²) in [5.74, 6) is 0.270. The second-order valence-electron chi connectivity index (χ2n) is 4.73. The number of carbonyl (C=O) groups is 1. The molecule has 3 aromatic rings. The average molecular weight is 263 g/mol. The first-order valence-electron chi connectivity index (χ1n) is 6.33. The number of nitrogens with zero attached hydrogens (tertiary/aromatic N) is 1. The van der Waals surface area contributed by atoms with Crippen LogP contribution in [-0.4, -0.2) is 15.9 Å². The number of phenols is 1. The summed E-state index contributed by atoms with van der Waals surface area (Å²) in [7, 11) is 0. The van der Waals surface area contributed by atoms with Gasteiger partial charge >= 0.3 is 0 Å². The molecule has 20 heavy (non-hydrogen) atoms. The normalized spacial score (nSPS) is 10.7. The summed E-state index contributed by atoms with van der Waals surface area (Å²) >= 11 is 0. The molecule has 0 aliphatic rings. The average Bonchev–Trinajstić information content (AvgIpc) is 2.47. The molecule has 1 N–H and O–H groups in total. The van der Waals surface area contributed by atoms with Gasteiger partial charge in [0.1, 0.15) is 5.75 Å². The number of hydrogen-bond acceptors (Lipinski definition) is 3. The molecule has 0 atom stereocenters. The topological polar surface area (TPSA) is 50.2 Å². The number of ketones is 1. The van der Waals surface area contributed by atoms with Crippen molar-refractivity contribution in [2.75, 3.05) is 0 Å². The van der Waals surface area contributed by atoms with E-state index in [9.17, 15) is 9.90 Å². The van der Waals surface area contributed by atoms with Gasteiger partial charge < -0.3 is 5.11 Å². The lowest BCUT2D eigenvalue weighted by Gasteiger charge is -2.07. The van der Waals surface area contributed by atoms with Gasteiger partial charge in [-0.2, -0.15) is 0 Å². The first-order chi connectivity index (χ1) is 9.65. The van der Waals surface area contributed by atoms with Gasteiger partial charge in [-0.05, 0) is 36.1 Å². The highest BCUT2D eigenvalue weighted by Crippen LogP contribution is 2.29. The van der Waals surface area contributed by atoms with E-state index in [1.807, 2.05) is 30.3 Å². The van der Waals surface area contributed by atoms with Gasteiger partial charge in [-0.1, -0.05) is 24.3 Å². The number of benzene rings is 2. The van der Waals surface area contributed by atoms with Crippen LogP contribution in [0.5, 0.6) is 5.75 Å². The van der Waals surface area contributed by atoms with Crippen molar-refractivity contribution in [3.8, 4) is 16.9 Å².